The summed E-state index contributed by atoms with van der Waals surface area (Å²) in [6.07, 6.45) is 3.15. The third-order valence-corrected chi connectivity index (χ3v) is 1.94. The molecule has 0 saturated heterocycles. The van der Waals surface area contributed by atoms with Gasteiger partial charge in [0, 0.05) is 0 Å². The molecule has 16 heavy (non-hydrogen) atoms. The molecule has 1 aromatic rings. The lowest BCUT2D eigenvalue weighted by Crippen LogP contribution is -1.96. The van der Waals surface area contributed by atoms with Gasteiger partial charge >= 0.3 is 5.97 Å². The molecule has 0 radical (unpaired) electrons. The van der Waals surface area contributed by atoms with E-state index in [2.05, 4.69) is 4.74 Å². The van der Waals surface area contributed by atoms with Crippen LogP contribution in [0.4, 0.5) is 4.39 Å². The Balaban J connectivity index is 2.84. The zero-order chi connectivity index (χ0) is 12.0. The molecule has 0 bridgehead atoms. The molecule has 4 heteroatoms. The van der Waals surface area contributed by atoms with Gasteiger partial charge in [-0.2, -0.15) is 5.26 Å². The Kier molecular flexibility index (Phi) is 4.22. The van der Waals surface area contributed by atoms with Crippen LogP contribution in [0.1, 0.15) is 17.5 Å². The minimum Gasteiger partial charge on any atom is -0.469 e. The Morgan fingerprint density at radius 3 is 3.00 bits per heavy atom. The number of esters is 1. The van der Waals surface area contributed by atoms with Gasteiger partial charge in [-0.05, 0) is 23.8 Å². The molecule has 0 amide bonds. The summed E-state index contributed by atoms with van der Waals surface area (Å²) in [6.45, 7) is 0. The van der Waals surface area contributed by atoms with Crippen LogP contribution in [0.25, 0.3) is 6.08 Å². The Morgan fingerprint density at radius 2 is 2.38 bits per heavy atom. The fraction of sp³-hybridized carbons (Fsp3) is 0.167. The van der Waals surface area contributed by atoms with Gasteiger partial charge < -0.3 is 4.74 Å². The summed E-state index contributed by atoms with van der Waals surface area (Å²) >= 11 is 0. The molecule has 0 aliphatic heterocycles. The Bertz CT molecular complexity index is 461. The second kappa shape index (κ2) is 5.66. The number of benzene rings is 1. The van der Waals surface area contributed by atoms with Crippen LogP contribution in [0.3, 0.4) is 0 Å². The standard InChI is InChI=1S/C12H10FNO2/c1-16-12(15)4-2-3-9-7-11(13)6-5-10(9)8-14/h2-3,5-7H,4H2,1H3. The van der Waals surface area contributed by atoms with Gasteiger partial charge in [0.2, 0.25) is 0 Å². The van der Waals surface area contributed by atoms with E-state index in [0.29, 0.717) is 11.1 Å². The van der Waals surface area contributed by atoms with Gasteiger partial charge in [-0.3, -0.25) is 4.79 Å². The van der Waals surface area contributed by atoms with Crippen molar-refractivity contribution < 1.29 is 13.9 Å². The summed E-state index contributed by atoms with van der Waals surface area (Å²) in [5, 5.41) is 8.77. The van der Waals surface area contributed by atoms with Crippen LogP contribution in [0.5, 0.6) is 0 Å². The highest BCUT2D eigenvalue weighted by Crippen LogP contribution is 2.12. The largest absolute Gasteiger partial charge is 0.469 e. The van der Waals surface area contributed by atoms with Gasteiger partial charge in [-0.15, -0.1) is 0 Å². The number of nitrogens with zero attached hydrogens (tertiary/aromatic N) is 1. The summed E-state index contributed by atoms with van der Waals surface area (Å²) in [4.78, 5) is 10.8. The van der Waals surface area contributed by atoms with Crippen molar-refractivity contribution >= 4 is 12.0 Å². The normalized spacial score (nSPS) is 10.1. The van der Waals surface area contributed by atoms with E-state index in [1.54, 1.807) is 0 Å². The van der Waals surface area contributed by atoms with Crippen molar-refractivity contribution in [3.05, 3.63) is 41.2 Å². The fourth-order valence-corrected chi connectivity index (χ4v) is 1.14. The molecule has 0 saturated carbocycles. The maximum atomic E-state index is 12.9. The lowest BCUT2D eigenvalue weighted by Gasteiger charge is -1.97. The number of methoxy groups -OCH3 is 1. The van der Waals surface area contributed by atoms with Crippen LogP contribution < -0.4 is 0 Å². The lowest BCUT2D eigenvalue weighted by atomic mass is 10.1. The van der Waals surface area contributed by atoms with E-state index in [1.165, 1.54) is 37.5 Å². The number of halogens is 1. The first-order valence-electron chi connectivity index (χ1n) is 4.60. The van der Waals surface area contributed by atoms with Crippen LogP contribution in [-0.4, -0.2) is 13.1 Å². The SMILES string of the molecule is COC(=O)CC=Cc1cc(F)ccc1C#N. The second-order valence-corrected chi connectivity index (χ2v) is 3.03. The van der Waals surface area contributed by atoms with Gasteiger partial charge in [0.05, 0.1) is 25.2 Å². The van der Waals surface area contributed by atoms with Crippen LogP contribution in [-0.2, 0) is 9.53 Å². The summed E-state index contributed by atoms with van der Waals surface area (Å²) < 4.78 is 17.3. The van der Waals surface area contributed by atoms with Crippen LogP contribution >= 0.6 is 0 Å². The van der Waals surface area contributed by atoms with Crippen LogP contribution in [0.2, 0.25) is 0 Å². The minimum atomic E-state index is -0.420. The summed E-state index contributed by atoms with van der Waals surface area (Å²) in [5.41, 5.74) is 0.814. The molecule has 0 unspecified atom stereocenters. The Hall–Kier alpha value is -2.15. The number of ether oxygens (including phenoxy) is 1. The van der Waals surface area contributed by atoms with Crippen molar-refractivity contribution in [2.24, 2.45) is 0 Å². The van der Waals surface area contributed by atoms with E-state index < -0.39 is 5.82 Å². The molecule has 0 aromatic heterocycles. The first-order valence-corrected chi connectivity index (χ1v) is 4.60. The predicted octanol–water partition coefficient (Wildman–Crippen LogP) is 2.27. The molecule has 1 aromatic carbocycles. The minimum absolute atomic E-state index is 0.0951. The molecule has 3 nitrogen and oxygen atoms in total. The molecular weight excluding hydrogens is 209 g/mol. The molecule has 0 heterocycles. The first kappa shape index (κ1) is 11.9. The average Bonchev–Trinajstić information content (AvgIpc) is 2.29. The maximum Gasteiger partial charge on any atom is 0.309 e. The van der Waals surface area contributed by atoms with Gasteiger partial charge in [0.15, 0.2) is 0 Å². The van der Waals surface area contributed by atoms with Gasteiger partial charge in [-0.25, -0.2) is 4.39 Å². The summed E-state index contributed by atoms with van der Waals surface area (Å²) in [7, 11) is 1.29. The van der Waals surface area contributed by atoms with E-state index in [1.807, 2.05) is 6.07 Å². The van der Waals surface area contributed by atoms with Gasteiger partial charge in [0.1, 0.15) is 5.82 Å². The third kappa shape index (κ3) is 3.21. The molecule has 0 N–H and O–H groups in total. The molecule has 0 fully saturated rings. The van der Waals surface area contributed by atoms with Crippen molar-refractivity contribution in [2.45, 2.75) is 6.42 Å². The van der Waals surface area contributed by atoms with E-state index >= 15 is 0 Å². The number of rotatable bonds is 3. The third-order valence-electron chi connectivity index (χ3n) is 1.94. The van der Waals surface area contributed by atoms with Crippen molar-refractivity contribution in [1.82, 2.24) is 0 Å². The van der Waals surface area contributed by atoms with E-state index in [4.69, 9.17) is 5.26 Å². The quantitative estimate of drug-likeness (QED) is 0.733. The smallest absolute Gasteiger partial charge is 0.309 e. The fourth-order valence-electron chi connectivity index (χ4n) is 1.14. The zero-order valence-corrected chi connectivity index (χ0v) is 8.74. The predicted molar refractivity (Wildman–Crippen MR) is 56.8 cm³/mol. The summed E-state index contributed by atoms with van der Waals surface area (Å²) in [5.74, 6) is -0.803. The van der Waals surface area contributed by atoms with Crippen molar-refractivity contribution in [3.63, 3.8) is 0 Å². The number of nitriles is 1. The molecule has 1 rings (SSSR count). The molecule has 0 atom stereocenters. The number of carbonyl (C=O) groups excluding carboxylic acids is 1. The lowest BCUT2D eigenvalue weighted by molar-refractivity contribution is -0.139. The van der Waals surface area contributed by atoms with E-state index in [9.17, 15) is 9.18 Å². The van der Waals surface area contributed by atoms with Crippen LogP contribution in [0, 0.1) is 17.1 Å². The maximum absolute atomic E-state index is 12.9. The van der Waals surface area contributed by atoms with Gasteiger partial charge in [-0.1, -0.05) is 12.2 Å². The molecule has 0 spiro atoms. The molecular formula is C12H10FNO2. The highest BCUT2D eigenvalue weighted by Gasteiger charge is 2.01. The average molecular weight is 219 g/mol. The number of carbonyl (C=O) groups is 1. The number of hydrogen-bond donors (Lipinski definition) is 0. The topological polar surface area (TPSA) is 50.1 Å². The van der Waals surface area contributed by atoms with Crippen molar-refractivity contribution in [2.75, 3.05) is 7.11 Å². The second-order valence-electron chi connectivity index (χ2n) is 3.03. The summed E-state index contributed by atoms with van der Waals surface area (Å²) in [6, 6.07) is 5.80. The molecule has 82 valence electrons. The van der Waals surface area contributed by atoms with Crippen LogP contribution in [0.15, 0.2) is 24.3 Å². The highest BCUT2D eigenvalue weighted by atomic mass is 19.1. The van der Waals surface area contributed by atoms with Gasteiger partial charge in [0.25, 0.3) is 0 Å². The van der Waals surface area contributed by atoms with E-state index in [-0.39, 0.29) is 12.4 Å². The first-order chi connectivity index (χ1) is 7.67. The van der Waals surface area contributed by atoms with E-state index in [0.717, 1.165) is 0 Å². The Labute approximate surface area is 92.8 Å². The number of hydrogen-bond acceptors (Lipinski definition) is 3. The van der Waals surface area contributed by atoms with Crippen molar-refractivity contribution in [1.29, 1.82) is 5.26 Å². The van der Waals surface area contributed by atoms with Crippen molar-refractivity contribution in [3.8, 4) is 6.07 Å². The molecule has 0 aliphatic rings. The zero-order valence-electron chi connectivity index (χ0n) is 8.74. The highest BCUT2D eigenvalue weighted by molar-refractivity contribution is 5.73. The Morgan fingerprint density at radius 1 is 1.62 bits per heavy atom. The molecule has 0 aliphatic carbocycles. The monoisotopic (exact) mass is 219 g/mol.